The number of nitrogens with two attached hydrogens (primary N) is 1. The van der Waals surface area contributed by atoms with Crippen LogP contribution in [0.15, 0.2) is 24.3 Å². The highest BCUT2D eigenvalue weighted by Gasteiger charge is 2.32. The lowest BCUT2D eigenvalue weighted by Gasteiger charge is -2.30. The number of carboxylic acids is 1. The molecule has 2 aromatic rings. The van der Waals surface area contributed by atoms with E-state index in [1.807, 2.05) is 24.3 Å². The van der Waals surface area contributed by atoms with Crippen molar-refractivity contribution in [3.05, 3.63) is 45.1 Å². The van der Waals surface area contributed by atoms with Crippen molar-refractivity contribution >= 4 is 17.3 Å². The molecule has 0 bridgehead atoms. The van der Waals surface area contributed by atoms with Crippen LogP contribution >= 0.6 is 11.3 Å². The van der Waals surface area contributed by atoms with Crippen LogP contribution in [-0.4, -0.2) is 11.1 Å². The number of aryl methyl sites for hydroxylation is 1. The fourth-order valence-corrected chi connectivity index (χ4v) is 4.36. The van der Waals surface area contributed by atoms with E-state index in [-0.39, 0.29) is 5.41 Å². The Labute approximate surface area is 134 Å². The molecule has 3 nitrogen and oxygen atoms in total. The van der Waals surface area contributed by atoms with Crippen molar-refractivity contribution in [1.82, 2.24) is 0 Å². The first-order valence-electron chi connectivity index (χ1n) is 7.58. The largest absolute Gasteiger partial charge is 0.477 e. The molecule has 0 spiro atoms. The minimum Gasteiger partial charge on any atom is -0.477 e. The molecule has 1 aliphatic rings. The number of hydrogen-bond donors (Lipinski definition) is 2. The fraction of sp³-hybridized carbons (Fsp3) is 0.389. The van der Waals surface area contributed by atoms with Gasteiger partial charge in [-0.3, -0.25) is 0 Å². The van der Waals surface area contributed by atoms with Gasteiger partial charge in [0.2, 0.25) is 0 Å². The van der Waals surface area contributed by atoms with Crippen LogP contribution in [-0.2, 0) is 19.4 Å². The van der Waals surface area contributed by atoms with Crippen molar-refractivity contribution in [3.63, 3.8) is 0 Å². The number of rotatable bonds is 3. The van der Waals surface area contributed by atoms with Crippen LogP contribution < -0.4 is 5.73 Å². The summed E-state index contributed by atoms with van der Waals surface area (Å²) in [7, 11) is 0. The molecule has 1 aromatic carbocycles. The lowest BCUT2D eigenvalue weighted by Crippen LogP contribution is -2.21. The van der Waals surface area contributed by atoms with Gasteiger partial charge in [0.25, 0.3) is 0 Å². The smallest absolute Gasteiger partial charge is 0.346 e. The second-order valence-corrected chi connectivity index (χ2v) is 7.86. The molecular formula is C18H21NO2S. The second-order valence-electron chi connectivity index (χ2n) is 6.76. The van der Waals surface area contributed by atoms with Gasteiger partial charge in [-0.1, -0.05) is 38.1 Å². The third kappa shape index (κ3) is 2.69. The third-order valence-corrected chi connectivity index (χ3v) is 5.73. The first-order chi connectivity index (χ1) is 10.4. The van der Waals surface area contributed by atoms with Crippen molar-refractivity contribution in [2.75, 3.05) is 0 Å². The zero-order chi connectivity index (χ0) is 15.9. The minimum absolute atomic E-state index is 0.232. The van der Waals surface area contributed by atoms with Crippen LogP contribution in [0.5, 0.6) is 0 Å². The average Bonchev–Trinajstić information content (AvgIpc) is 2.85. The van der Waals surface area contributed by atoms with Crippen molar-refractivity contribution in [2.24, 2.45) is 11.1 Å². The summed E-state index contributed by atoms with van der Waals surface area (Å²) in [5.41, 5.74) is 10.1. The van der Waals surface area contributed by atoms with Gasteiger partial charge in [-0.05, 0) is 41.4 Å². The Bertz CT molecular complexity index is 713. The molecule has 3 N–H and O–H groups in total. The van der Waals surface area contributed by atoms with Gasteiger partial charge >= 0.3 is 5.97 Å². The number of hydrogen-bond acceptors (Lipinski definition) is 3. The third-order valence-electron chi connectivity index (χ3n) is 4.45. The van der Waals surface area contributed by atoms with Gasteiger partial charge in [-0.25, -0.2) is 4.79 Å². The van der Waals surface area contributed by atoms with Gasteiger partial charge in [0.1, 0.15) is 4.88 Å². The van der Waals surface area contributed by atoms with Crippen LogP contribution in [0.1, 0.15) is 45.9 Å². The highest BCUT2D eigenvalue weighted by Crippen LogP contribution is 2.45. The molecular weight excluding hydrogens is 294 g/mol. The monoisotopic (exact) mass is 315 g/mol. The maximum Gasteiger partial charge on any atom is 0.346 e. The van der Waals surface area contributed by atoms with Crippen molar-refractivity contribution in [1.29, 1.82) is 0 Å². The Morgan fingerprint density at radius 2 is 2.00 bits per heavy atom. The van der Waals surface area contributed by atoms with Gasteiger partial charge in [-0.2, -0.15) is 0 Å². The summed E-state index contributed by atoms with van der Waals surface area (Å²) in [6.45, 7) is 5.02. The Balaban J connectivity index is 2.16. The Kier molecular flexibility index (Phi) is 3.83. The summed E-state index contributed by atoms with van der Waals surface area (Å²) in [6, 6.07) is 7.97. The van der Waals surface area contributed by atoms with Crippen molar-refractivity contribution in [2.45, 2.75) is 39.7 Å². The molecule has 0 unspecified atom stereocenters. The molecule has 0 radical (unpaired) electrons. The van der Waals surface area contributed by atoms with Crippen LogP contribution in [0, 0.1) is 5.41 Å². The number of benzene rings is 1. The van der Waals surface area contributed by atoms with E-state index < -0.39 is 5.97 Å². The van der Waals surface area contributed by atoms with E-state index in [9.17, 15) is 9.90 Å². The number of aromatic carboxylic acids is 1. The molecule has 0 saturated heterocycles. The second kappa shape index (κ2) is 5.52. The fourth-order valence-electron chi connectivity index (χ4n) is 3.18. The summed E-state index contributed by atoms with van der Waals surface area (Å²) in [5, 5.41) is 9.60. The standard InChI is InChI=1S/C18H21NO2S/c1-18(2)8-7-14-13(9-18)15(16(22-14)17(20)21)12-5-3-11(10-19)4-6-12/h3-6H,7-10,19H2,1-2H3,(H,20,21). The van der Waals surface area contributed by atoms with Gasteiger partial charge < -0.3 is 10.8 Å². The molecule has 0 aliphatic heterocycles. The normalized spacial score (nSPS) is 16.3. The number of thiophene rings is 1. The molecule has 1 aliphatic carbocycles. The summed E-state index contributed by atoms with van der Waals surface area (Å²) >= 11 is 1.45. The Hall–Kier alpha value is -1.65. The highest BCUT2D eigenvalue weighted by atomic mass is 32.1. The zero-order valence-corrected chi connectivity index (χ0v) is 13.8. The van der Waals surface area contributed by atoms with Crippen molar-refractivity contribution in [3.8, 4) is 11.1 Å². The lowest BCUT2D eigenvalue weighted by atomic mass is 9.75. The Morgan fingerprint density at radius 1 is 1.32 bits per heavy atom. The molecule has 0 fully saturated rings. The molecule has 4 heteroatoms. The number of carboxylic acid groups (broad SMARTS) is 1. The molecule has 22 heavy (non-hydrogen) atoms. The van der Waals surface area contributed by atoms with E-state index in [0.29, 0.717) is 11.4 Å². The maximum atomic E-state index is 11.7. The molecule has 1 heterocycles. The lowest BCUT2D eigenvalue weighted by molar-refractivity contribution is 0.0703. The van der Waals surface area contributed by atoms with Gasteiger partial charge in [0.15, 0.2) is 0 Å². The molecule has 116 valence electrons. The van der Waals surface area contributed by atoms with Crippen LogP contribution in [0.3, 0.4) is 0 Å². The zero-order valence-electron chi connectivity index (χ0n) is 13.0. The van der Waals surface area contributed by atoms with E-state index in [1.54, 1.807) is 0 Å². The summed E-state index contributed by atoms with van der Waals surface area (Å²) < 4.78 is 0. The quantitative estimate of drug-likeness (QED) is 0.897. The predicted octanol–water partition coefficient (Wildman–Crippen LogP) is 4.09. The van der Waals surface area contributed by atoms with Crippen LogP contribution in [0.2, 0.25) is 0 Å². The van der Waals surface area contributed by atoms with Crippen molar-refractivity contribution < 1.29 is 9.90 Å². The van der Waals surface area contributed by atoms with Crippen LogP contribution in [0.4, 0.5) is 0 Å². The van der Waals surface area contributed by atoms with E-state index >= 15 is 0 Å². The molecule has 3 rings (SSSR count). The minimum atomic E-state index is -0.824. The van der Waals surface area contributed by atoms with E-state index in [4.69, 9.17) is 5.73 Å². The number of fused-ring (bicyclic) bond motifs is 1. The van der Waals surface area contributed by atoms with Gasteiger partial charge in [0.05, 0.1) is 0 Å². The van der Waals surface area contributed by atoms with Crippen LogP contribution in [0.25, 0.3) is 11.1 Å². The summed E-state index contributed by atoms with van der Waals surface area (Å²) in [5.74, 6) is -0.824. The van der Waals surface area contributed by atoms with E-state index in [2.05, 4.69) is 13.8 Å². The SMILES string of the molecule is CC1(C)CCc2sc(C(=O)O)c(-c3ccc(CN)cc3)c2C1. The molecule has 0 saturated carbocycles. The summed E-state index contributed by atoms with van der Waals surface area (Å²) in [6.07, 6.45) is 3.04. The van der Waals surface area contributed by atoms with Gasteiger partial charge in [-0.15, -0.1) is 11.3 Å². The predicted molar refractivity (Wildman–Crippen MR) is 90.4 cm³/mol. The van der Waals surface area contributed by atoms with E-state index in [1.165, 1.54) is 21.8 Å². The Morgan fingerprint density at radius 3 is 2.59 bits per heavy atom. The van der Waals surface area contributed by atoms with Gasteiger partial charge in [0, 0.05) is 17.0 Å². The number of carbonyl (C=O) groups is 1. The van der Waals surface area contributed by atoms with E-state index in [0.717, 1.165) is 36.0 Å². The molecule has 0 atom stereocenters. The average molecular weight is 315 g/mol. The maximum absolute atomic E-state index is 11.7. The first-order valence-corrected chi connectivity index (χ1v) is 8.40. The summed E-state index contributed by atoms with van der Waals surface area (Å²) in [4.78, 5) is 13.4. The first kappa shape index (κ1) is 15.3. The molecule has 1 aromatic heterocycles. The highest BCUT2D eigenvalue weighted by molar-refractivity contribution is 7.14. The molecule has 0 amide bonds. The topological polar surface area (TPSA) is 63.3 Å².